The Balaban J connectivity index is 1.66. The van der Waals surface area contributed by atoms with Crippen molar-refractivity contribution < 1.29 is 17.9 Å². The minimum absolute atomic E-state index is 0.0366. The number of halogens is 3. The molecule has 0 heterocycles. The largest absolute Gasteiger partial charge is 0.482 e. The molecule has 0 saturated carbocycles. The zero-order chi connectivity index (χ0) is 21.7. The molecule has 0 atom stereocenters. The first-order chi connectivity index (χ1) is 14.3. The smallest absolute Gasteiger partial charge is 0.262 e. The highest BCUT2D eigenvalue weighted by molar-refractivity contribution is 7.92. The highest BCUT2D eigenvalue weighted by Gasteiger charge is 2.17. The Morgan fingerprint density at radius 2 is 1.53 bits per heavy atom. The molecule has 0 radical (unpaired) electrons. The molecule has 30 heavy (non-hydrogen) atoms. The van der Waals surface area contributed by atoms with Crippen LogP contribution in [-0.2, 0) is 14.8 Å². The fourth-order valence-corrected chi connectivity index (χ4v) is 4.30. The van der Waals surface area contributed by atoms with E-state index in [9.17, 15) is 13.2 Å². The topological polar surface area (TPSA) is 84.5 Å². The van der Waals surface area contributed by atoms with Gasteiger partial charge in [-0.2, -0.15) is 0 Å². The Bertz CT molecular complexity index is 1150. The zero-order valence-electron chi connectivity index (χ0n) is 15.2. The van der Waals surface area contributed by atoms with Crippen molar-refractivity contribution in [2.24, 2.45) is 0 Å². The number of ether oxygens (including phenoxy) is 1. The van der Waals surface area contributed by atoms with Crippen LogP contribution in [-0.4, -0.2) is 20.9 Å². The summed E-state index contributed by atoms with van der Waals surface area (Å²) in [6.07, 6.45) is 0. The van der Waals surface area contributed by atoms with Gasteiger partial charge in [-0.15, -0.1) is 0 Å². The van der Waals surface area contributed by atoms with Gasteiger partial charge in [-0.1, -0.05) is 59.1 Å². The number of nitrogens with one attached hydrogen (secondary N) is 2. The molecule has 1 amide bonds. The van der Waals surface area contributed by atoms with Gasteiger partial charge in [-0.25, -0.2) is 8.42 Å². The number of benzene rings is 3. The maximum absolute atomic E-state index is 12.5. The van der Waals surface area contributed by atoms with E-state index in [4.69, 9.17) is 39.5 Å². The summed E-state index contributed by atoms with van der Waals surface area (Å²) < 4.78 is 32.8. The fourth-order valence-electron chi connectivity index (χ4n) is 2.42. The number of anilines is 2. The molecule has 0 bridgehead atoms. The lowest BCUT2D eigenvalue weighted by Crippen LogP contribution is -2.20. The standard InChI is InChI=1S/C20H15Cl3N2O4S/c21-15-7-4-8-16(22)20(15)24-19(26)12-29-18-10-9-14(11-17(18)23)30(27,28)25-13-5-2-1-3-6-13/h1-11,25H,12H2,(H,24,26). The van der Waals surface area contributed by atoms with Crippen LogP contribution in [0, 0.1) is 0 Å². The minimum Gasteiger partial charge on any atom is -0.482 e. The lowest BCUT2D eigenvalue weighted by Gasteiger charge is -2.12. The number of para-hydroxylation sites is 2. The van der Waals surface area contributed by atoms with E-state index in [0.717, 1.165) is 0 Å². The van der Waals surface area contributed by atoms with Crippen molar-refractivity contribution in [2.45, 2.75) is 4.90 Å². The van der Waals surface area contributed by atoms with E-state index in [0.29, 0.717) is 5.69 Å². The number of hydrogen-bond donors (Lipinski definition) is 2. The van der Waals surface area contributed by atoms with Crippen LogP contribution in [0.2, 0.25) is 15.1 Å². The van der Waals surface area contributed by atoms with Crippen molar-refractivity contribution >= 4 is 62.1 Å². The van der Waals surface area contributed by atoms with E-state index in [1.165, 1.54) is 18.2 Å². The predicted molar refractivity (Wildman–Crippen MR) is 119 cm³/mol. The summed E-state index contributed by atoms with van der Waals surface area (Å²) in [4.78, 5) is 12.1. The highest BCUT2D eigenvalue weighted by atomic mass is 35.5. The van der Waals surface area contributed by atoms with Gasteiger partial charge in [0.25, 0.3) is 15.9 Å². The summed E-state index contributed by atoms with van der Waals surface area (Å²) in [5, 5.41) is 3.16. The van der Waals surface area contributed by atoms with Crippen molar-refractivity contribution in [2.75, 3.05) is 16.6 Å². The molecule has 0 spiro atoms. The van der Waals surface area contributed by atoms with Gasteiger partial charge in [0.2, 0.25) is 0 Å². The van der Waals surface area contributed by atoms with E-state index in [-0.39, 0.29) is 38.0 Å². The molecule has 6 nitrogen and oxygen atoms in total. The second-order valence-corrected chi connectivity index (χ2v) is 8.90. The van der Waals surface area contributed by atoms with Crippen LogP contribution in [0.1, 0.15) is 0 Å². The quantitative estimate of drug-likeness (QED) is 0.465. The Hall–Kier alpha value is -2.45. The van der Waals surface area contributed by atoms with Crippen LogP contribution >= 0.6 is 34.8 Å². The summed E-state index contributed by atoms with van der Waals surface area (Å²) in [6.45, 7) is -0.379. The summed E-state index contributed by atoms with van der Waals surface area (Å²) in [6, 6.07) is 17.2. The van der Waals surface area contributed by atoms with Crippen LogP contribution in [0.3, 0.4) is 0 Å². The molecule has 3 aromatic rings. The summed E-state index contributed by atoms with van der Waals surface area (Å²) in [5.41, 5.74) is 0.692. The van der Waals surface area contributed by atoms with Gasteiger partial charge in [0.1, 0.15) is 5.75 Å². The summed E-state index contributed by atoms with van der Waals surface area (Å²) in [5.74, 6) is -0.362. The molecular formula is C20H15Cl3N2O4S. The molecule has 0 aliphatic rings. The van der Waals surface area contributed by atoms with Gasteiger partial charge in [-0.05, 0) is 42.5 Å². The van der Waals surface area contributed by atoms with E-state index >= 15 is 0 Å². The number of carbonyl (C=O) groups excluding carboxylic acids is 1. The molecule has 156 valence electrons. The molecule has 2 N–H and O–H groups in total. The number of hydrogen-bond acceptors (Lipinski definition) is 4. The van der Waals surface area contributed by atoms with Gasteiger partial charge >= 0.3 is 0 Å². The highest BCUT2D eigenvalue weighted by Crippen LogP contribution is 2.30. The Morgan fingerprint density at radius 1 is 0.867 bits per heavy atom. The molecule has 10 heteroatoms. The lowest BCUT2D eigenvalue weighted by atomic mass is 10.3. The Kier molecular flexibility index (Phi) is 7.10. The van der Waals surface area contributed by atoms with Gasteiger partial charge in [-0.3, -0.25) is 9.52 Å². The van der Waals surface area contributed by atoms with Crippen LogP contribution in [0.5, 0.6) is 5.75 Å². The van der Waals surface area contributed by atoms with Crippen molar-refractivity contribution in [1.29, 1.82) is 0 Å². The number of amides is 1. The third kappa shape index (κ3) is 5.58. The molecule has 3 aromatic carbocycles. The number of rotatable bonds is 7. The second-order valence-electron chi connectivity index (χ2n) is 6.00. The van der Waals surface area contributed by atoms with Crippen molar-refractivity contribution in [3.63, 3.8) is 0 Å². The second kappa shape index (κ2) is 9.57. The summed E-state index contributed by atoms with van der Waals surface area (Å²) in [7, 11) is -3.83. The lowest BCUT2D eigenvalue weighted by molar-refractivity contribution is -0.118. The molecule has 0 aromatic heterocycles. The molecule has 0 aliphatic carbocycles. The molecule has 0 fully saturated rings. The van der Waals surface area contributed by atoms with Gasteiger partial charge in [0.15, 0.2) is 6.61 Å². The number of sulfonamides is 1. The predicted octanol–water partition coefficient (Wildman–Crippen LogP) is 5.47. The monoisotopic (exact) mass is 484 g/mol. The van der Waals surface area contributed by atoms with E-state index in [1.54, 1.807) is 48.5 Å². The van der Waals surface area contributed by atoms with Crippen LogP contribution in [0.25, 0.3) is 0 Å². The molecule has 0 saturated heterocycles. The fraction of sp³-hybridized carbons (Fsp3) is 0.0500. The number of carbonyl (C=O) groups is 1. The zero-order valence-corrected chi connectivity index (χ0v) is 18.3. The molecule has 0 aliphatic heterocycles. The molecular weight excluding hydrogens is 471 g/mol. The minimum atomic E-state index is -3.83. The van der Waals surface area contributed by atoms with Crippen LogP contribution in [0.15, 0.2) is 71.6 Å². The van der Waals surface area contributed by atoms with E-state index in [2.05, 4.69) is 10.0 Å². The summed E-state index contributed by atoms with van der Waals surface area (Å²) >= 11 is 18.2. The van der Waals surface area contributed by atoms with Crippen LogP contribution in [0.4, 0.5) is 11.4 Å². The normalized spacial score (nSPS) is 11.0. The first kappa shape index (κ1) is 22.2. The Morgan fingerprint density at radius 3 is 2.17 bits per heavy atom. The average molecular weight is 486 g/mol. The average Bonchev–Trinajstić information content (AvgIpc) is 2.70. The van der Waals surface area contributed by atoms with Gasteiger partial charge in [0.05, 0.1) is 25.7 Å². The molecule has 3 rings (SSSR count). The first-order valence-corrected chi connectivity index (χ1v) is 11.1. The third-order valence-electron chi connectivity index (χ3n) is 3.83. The maximum Gasteiger partial charge on any atom is 0.262 e. The van der Waals surface area contributed by atoms with E-state index in [1.807, 2.05) is 0 Å². The SMILES string of the molecule is O=C(COc1ccc(S(=O)(=O)Nc2ccccc2)cc1Cl)Nc1c(Cl)cccc1Cl. The van der Waals surface area contributed by atoms with Crippen LogP contribution < -0.4 is 14.8 Å². The molecule has 0 unspecified atom stereocenters. The Labute approximate surface area is 188 Å². The van der Waals surface area contributed by atoms with Crippen molar-refractivity contribution in [3.05, 3.63) is 81.8 Å². The maximum atomic E-state index is 12.5. The van der Waals surface area contributed by atoms with E-state index < -0.39 is 15.9 Å². The van der Waals surface area contributed by atoms with Gasteiger partial charge < -0.3 is 10.1 Å². The van der Waals surface area contributed by atoms with Crippen molar-refractivity contribution in [3.8, 4) is 5.75 Å². The van der Waals surface area contributed by atoms with Gasteiger partial charge in [0, 0.05) is 5.69 Å². The van der Waals surface area contributed by atoms with Crippen molar-refractivity contribution in [1.82, 2.24) is 0 Å². The first-order valence-electron chi connectivity index (χ1n) is 8.50. The third-order valence-corrected chi connectivity index (χ3v) is 6.13.